The smallest absolute Gasteiger partial charge is 0.0648 e. The molecule has 2 rings (SSSR count). The minimum absolute atomic E-state index is 0.00759. The molecule has 1 nitrogen and oxygen atoms in total. The zero-order chi connectivity index (χ0) is 11.7. The van der Waals surface area contributed by atoms with Crippen LogP contribution in [0.1, 0.15) is 27.6 Å². The van der Waals surface area contributed by atoms with E-state index in [-0.39, 0.29) is 6.04 Å². The van der Waals surface area contributed by atoms with Crippen LogP contribution in [0.2, 0.25) is 0 Å². The Bertz CT molecular complexity index is 491. The highest BCUT2D eigenvalue weighted by Gasteiger charge is 2.13. The van der Waals surface area contributed by atoms with E-state index < -0.39 is 0 Å². The van der Waals surface area contributed by atoms with Gasteiger partial charge in [-0.15, -0.1) is 11.3 Å². The molecule has 0 aliphatic carbocycles. The van der Waals surface area contributed by atoms with Crippen molar-refractivity contribution in [2.45, 2.75) is 19.9 Å². The number of hydrogen-bond donors (Lipinski definition) is 1. The fraction of sp³-hybridized carbons (Fsp3) is 0.231. The molecular weight excluding hydrogens is 282 g/mol. The van der Waals surface area contributed by atoms with Crippen LogP contribution in [0.25, 0.3) is 0 Å². The second-order valence-electron chi connectivity index (χ2n) is 3.95. The van der Waals surface area contributed by atoms with Crippen molar-refractivity contribution in [2.75, 3.05) is 0 Å². The van der Waals surface area contributed by atoms with Gasteiger partial charge in [0.05, 0.1) is 6.04 Å². The fourth-order valence-electron chi connectivity index (χ4n) is 1.76. The molecule has 1 unspecified atom stereocenters. The summed E-state index contributed by atoms with van der Waals surface area (Å²) in [6.07, 6.45) is 0. The summed E-state index contributed by atoms with van der Waals surface area (Å²) in [5.41, 5.74) is 9.95. The highest BCUT2D eigenvalue weighted by atomic mass is 79.9. The number of benzene rings is 1. The first-order chi connectivity index (χ1) is 7.59. The molecule has 2 aromatic rings. The third-order valence-electron chi connectivity index (χ3n) is 2.73. The summed E-state index contributed by atoms with van der Waals surface area (Å²) < 4.78 is 1.15. The minimum Gasteiger partial charge on any atom is -0.320 e. The zero-order valence-corrected chi connectivity index (χ0v) is 11.7. The first-order valence-electron chi connectivity index (χ1n) is 5.15. The molecule has 0 amide bonds. The lowest BCUT2D eigenvalue weighted by molar-refractivity contribution is 0.879. The maximum absolute atomic E-state index is 6.28. The molecule has 84 valence electrons. The zero-order valence-electron chi connectivity index (χ0n) is 9.33. The van der Waals surface area contributed by atoms with Gasteiger partial charge in [0.25, 0.3) is 0 Å². The number of hydrogen-bond acceptors (Lipinski definition) is 2. The number of aryl methyl sites for hydroxylation is 2. The Hall–Kier alpha value is -0.640. The second kappa shape index (κ2) is 4.70. The molecule has 16 heavy (non-hydrogen) atoms. The topological polar surface area (TPSA) is 26.0 Å². The molecule has 3 heteroatoms. The van der Waals surface area contributed by atoms with Gasteiger partial charge in [-0.1, -0.05) is 28.1 Å². The number of nitrogens with two attached hydrogens (primary N) is 1. The van der Waals surface area contributed by atoms with Crippen LogP contribution < -0.4 is 5.73 Å². The molecule has 2 N–H and O–H groups in total. The van der Waals surface area contributed by atoms with E-state index in [1.165, 1.54) is 21.6 Å². The summed E-state index contributed by atoms with van der Waals surface area (Å²) in [6.45, 7) is 4.20. The van der Waals surface area contributed by atoms with Crippen molar-refractivity contribution in [3.63, 3.8) is 0 Å². The molecule has 0 fully saturated rings. The average Bonchev–Trinajstić information content (AvgIpc) is 2.75. The third-order valence-corrected chi connectivity index (χ3v) is 4.54. The number of thiophene rings is 1. The van der Waals surface area contributed by atoms with Gasteiger partial charge in [0.15, 0.2) is 0 Å². The molecular formula is C13H14BrNS. The summed E-state index contributed by atoms with van der Waals surface area (Å²) in [6, 6.07) is 8.43. The van der Waals surface area contributed by atoms with E-state index in [1.807, 2.05) is 6.07 Å². The molecule has 0 radical (unpaired) electrons. The van der Waals surface area contributed by atoms with Gasteiger partial charge in [-0.3, -0.25) is 0 Å². The molecule has 1 aromatic carbocycles. The van der Waals surface area contributed by atoms with Gasteiger partial charge in [-0.25, -0.2) is 0 Å². The van der Waals surface area contributed by atoms with Crippen molar-refractivity contribution < 1.29 is 0 Å². The van der Waals surface area contributed by atoms with Crippen molar-refractivity contribution in [1.82, 2.24) is 0 Å². The second-order valence-corrected chi connectivity index (χ2v) is 5.78. The van der Waals surface area contributed by atoms with Crippen molar-refractivity contribution in [3.8, 4) is 0 Å². The molecule has 0 spiro atoms. The monoisotopic (exact) mass is 295 g/mol. The maximum atomic E-state index is 6.28. The number of halogens is 1. The van der Waals surface area contributed by atoms with Crippen LogP contribution in [0, 0.1) is 13.8 Å². The van der Waals surface area contributed by atoms with Gasteiger partial charge in [-0.05, 0) is 48.1 Å². The van der Waals surface area contributed by atoms with Crippen LogP contribution in [0.5, 0.6) is 0 Å². The van der Waals surface area contributed by atoms with Crippen LogP contribution in [-0.2, 0) is 0 Å². The number of rotatable bonds is 2. The van der Waals surface area contributed by atoms with E-state index in [9.17, 15) is 0 Å². The van der Waals surface area contributed by atoms with E-state index >= 15 is 0 Å². The molecule has 1 aromatic heterocycles. The van der Waals surface area contributed by atoms with E-state index in [0.717, 1.165) is 4.47 Å². The predicted molar refractivity (Wildman–Crippen MR) is 74.0 cm³/mol. The van der Waals surface area contributed by atoms with Crippen molar-refractivity contribution in [3.05, 3.63) is 55.7 Å². The Kier molecular flexibility index (Phi) is 3.47. The van der Waals surface area contributed by atoms with Gasteiger partial charge in [0.1, 0.15) is 0 Å². The molecule has 1 heterocycles. The maximum Gasteiger partial charge on any atom is 0.0648 e. The Morgan fingerprint density at radius 3 is 2.62 bits per heavy atom. The molecule has 0 bridgehead atoms. The van der Waals surface area contributed by atoms with Crippen molar-refractivity contribution >= 4 is 27.3 Å². The fourth-order valence-corrected chi connectivity index (χ4v) is 2.96. The lowest BCUT2D eigenvalue weighted by atomic mass is 9.98. The minimum atomic E-state index is -0.00759. The predicted octanol–water partition coefficient (Wildman–Crippen LogP) is 4.18. The lowest BCUT2D eigenvalue weighted by Crippen LogP contribution is -2.12. The molecule has 0 aliphatic rings. The van der Waals surface area contributed by atoms with Crippen molar-refractivity contribution in [2.24, 2.45) is 5.73 Å². The Morgan fingerprint density at radius 1 is 1.25 bits per heavy atom. The van der Waals surface area contributed by atoms with Crippen molar-refractivity contribution in [1.29, 1.82) is 0 Å². The first-order valence-corrected chi connectivity index (χ1v) is 6.82. The quantitative estimate of drug-likeness (QED) is 0.884. The van der Waals surface area contributed by atoms with Crippen LogP contribution in [0.4, 0.5) is 0 Å². The van der Waals surface area contributed by atoms with Gasteiger partial charge in [0, 0.05) is 9.35 Å². The van der Waals surface area contributed by atoms with E-state index in [0.29, 0.717) is 0 Å². The van der Waals surface area contributed by atoms with Gasteiger partial charge >= 0.3 is 0 Å². The third kappa shape index (κ3) is 2.21. The molecule has 1 atom stereocenters. The van der Waals surface area contributed by atoms with Gasteiger partial charge in [-0.2, -0.15) is 0 Å². The molecule has 0 saturated heterocycles. The Labute approximate surface area is 108 Å². The van der Waals surface area contributed by atoms with Gasteiger partial charge < -0.3 is 5.73 Å². The average molecular weight is 296 g/mol. The summed E-state index contributed by atoms with van der Waals surface area (Å²) in [7, 11) is 0. The van der Waals surface area contributed by atoms with Crippen LogP contribution in [0.15, 0.2) is 34.1 Å². The van der Waals surface area contributed by atoms with E-state index in [1.54, 1.807) is 11.3 Å². The highest BCUT2D eigenvalue weighted by Crippen LogP contribution is 2.29. The Morgan fingerprint density at radius 2 is 2.00 bits per heavy atom. The largest absolute Gasteiger partial charge is 0.320 e. The summed E-state index contributed by atoms with van der Waals surface area (Å²) in [5, 5.41) is 2.07. The summed E-state index contributed by atoms with van der Waals surface area (Å²) in [4.78, 5) is 1.21. The summed E-state index contributed by atoms with van der Waals surface area (Å²) >= 11 is 5.25. The van der Waals surface area contributed by atoms with E-state index in [4.69, 9.17) is 5.73 Å². The van der Waals surface area contributed by atoms with Crippen LogP contribution >= 0.6 is 27.3 Å². The highest BCUT2D eigenvalue weighted by molar-refractivity contribution is 9.10. The Balaban J connectivity index is 2.44. The normalized spacial score (nSPS) is 12.8. The molecule has 0 aliphatic heterocycles. The van der Waals surface area contributed by atoms with Crippen LogP contribution in [-0.4, -0.2) is 0 Å². The first kappa shape index (κ1) is 11.8. The van der Waals surface area contributed by atoms with E-state index in [2.05, 4.69) is 53.4 Å². The lowest BCUT2D eigenvalue weighted by Gasteiger charge is -2.15. The standard InChI is InChI=1S/C13H14BrNS/c1-8-7-11(14)9(2)6-10(8)13(15)12-4-3-5-16-12/h3-7,13H,15H2,1-2H3. The molecule has 0 saturated carbocycles. The summed E-state index contributed by atoms with van der Waals surface area (Å²) in [5.74, 6) is 0. The van der Waals surface area contributed by atoms with Crippen LogP contribution in [0.3, 0.4) is 0 Å². The van der Waals surface area contributed by atoms with Gasteiger partial charge in [0.2, 0.25) is 0 Å². The SMILES string of the molecule is Cc1cc(C(N)c2cccs2)c(C)cc1Br.